The van der Waals surface area contributed by atoms with Crippen LogP contribution in [0.4, 0.5) is 0 Å². The lowest BCUT2D eigenvalue weighted by Crippen LogP contribution is -2.27. The van der Waals surface area contributed by atoms with Crippen molar-refractivity contribution >= 4 is 40.9 Å². The van der Waals surface area contributed by atoms with Crippen molar-refractivity contribution in [3.05, 3.63) is 51.8 Å². The molecule has 1 heterocycles. The quantitative estimate of drug-likeness (QED) is 0.854. The van der Waals surface area contributed by atoms with Crippen LogP contribution in [0.1, 0.15) is 28.9 Å². The summed E-state index contributed by atoms with van der Waals surface area (Å²) in [6.07, 6.45) is 2.02. The van der Waals surface area contributed by atoms with E-state index in [0.29, 0.717) is 0 Å². The molecule has 1 amide bonds. The van der Waals surface area contributed by atoms with Crippen molar-refractivity contribution in [2.24, 2.45) is 0 Å². The molecule has 0 aliphatic carbocycles. The van der Waals surface area contributed by atoms with Crippen LogP contribution in [-0.4, -0.2) is 22.4 Å². The Morgan fingerprint density at radius 2 is 1.90 bits per heavy atom. The number of benzene rings is 1. The van der Waals surface area contributed by atoms with Crippen molar-refractivity contribution < 1.29 is 4.79 Å². The molecule has 0 saturated heterocycles. The number of nitrogens with one attached hydrogen (secondary N) is 1. The molecule has 0 aliphatic rings. The van der Waals surface area contributed by atoms with Crippen LogP contribution >= 0.6 is 35.0 Å². The van der Waals surface area contributed by atoms with Crippen LogP contribution in [0.2, 0.25) is 10.3 Å². The Hall–Kier alpha value is -1.30. The van der Waals surface area contributed by atoms with Crippen LogP contribution in [0, 0.1) is 0 Å². The lowest BCUT2D eigenvalue weighted by atomic mass is 10.1. The van der Waals surface area contributed by atoms with Gasteiger partial charge in [-0.25, -0.2) is 0 Å². The largest absolute Gasteiger partial charge is 0.345 e. The van der Waals surface area contributed by atoms with Gasteiger partial charge in [0, 0.05) is 4.90 Å². The van der Waals surface area contributed by atoms with Gasteiger partial charge in [-0.15, -0.1) is 22.0 Å². The van der Waals surface area contributed by atoms with Crippen molar-refractivity contribution in [2.45, 2.75) is 17.9 Å². The number of nitrogens with zero attached hydrogens (tertiary/aromatic N) is 2. The molecule has 1 N–H and O–H groups in total. The van der Waals surface area contributed by atoms with Gasteiger partial charge in [-0.05, 0) is 36.9 Å². The average Bonchev–Trinajstić information content (AvgIpc) is 2.49. The van der Waals surface area contributed by atoms with Crippen LogP contribution in [0.15, 0.2) is 35.2 Å². The first kappa shape index (κ1) is 16.1. The highest BCUT2D eigenvalue weighted by Gasteiger charge is 2.16. The maximum Gasteiger partial charge on any atom is 0.255 e. The molecule has 110 valence electrons. The Kier molecular flexibility index (Phi) is 5.45. The second-order valence-corrected chi connectivity index (χ2v) is 5.96. The Labute approximate surface area is 137 Å². The molecule has 2 aromatic rings. The maximum absolute atomic E-state index is 12.2. The van der Waals surface area contributed by atoms with E-state index >= 15 is 0 Å². The van der Waals surface area contributed by atoms with Gasteiger partial charge < -0.3 is 5.32 Å². The van der Waals surface area contributed by atoms with Crippen LogP contribution in [-0.2, 0) is 0 Å². The zero-order valence-corrected chi connectivity index (χ0v) is 13.8. The fraction of sp³-hybridized carbons (Fsp3) is 0.214. The van der Waals surface area contributed by atoms with Crippen LogP contribution in [0.25, 0.3) is 0 Å². The molecule has 0 fully saturated rings. The van der Waals surface area contributed by atoms with Gasteiger partial charge in [0.05, 0.1) is 11.6 Å². The second kappa shape index (κ2) is 7.11. The highest BCUT2D eigenvalue weighted by Crippen LogP contribution is 2.20. The zero-order chi connectivity index (χ0) is 15.4. The van der Waals surface area contributed by atoms with Crippen molar-refractivity contribution in [2.75, 3.05) is 6.26 Å². The molecule has 0 radical (unpaired) electrons. The van der Waals surface area contributed by atoms with Gasteiger partial charge in [0.25, 0.3) is 5.91 Å². The normalized spacial score (nSPS) is 12.0. The molecule has 0 bridgehead atoms. The van der Waals surface area contributed by atoms with E-state index < -0.39 is 0 Å². The highest BCUT2D eigenvalue weighted by atomic mass is 35.5. The van der Waals surface area contributed by atoms with Crippen molar-refractivity contribution in [1.82, 2.24) is 15.5 Å². The minimum absolute atomic E-state index is 0.0295. The molecule has 1 aromatic carbocycles. The molecule has 0 saturated carbocycles. The van der Waals surface area contributed by atoms with Crippen molar-refractivity contribution in [3.63, 3.8) is 0 Å². The lowest BCUT2D eigenvalue weighted by Gasteiger charge is -2.15. The van der Waals surface area contributed by atoms with Crippen LogP contribution < -0.4 is 5.32 Å². The van der Waals surface area contributed by atoms with E-state index in [4.69, 9.17) is 23.2 Å². The third kappa shape index (κ3) is 4.09. The molecule has 1 unspecified atom stereocenters. The Balaban J connectivity index is 2.12. The number of aromatic nitrogens is 2. The molecule has 7 heteroatoms. The molecule has 0 spiro atoms. The van der Waals surface area contributed by atoms with E-state index in [1.165, 1.54) is 11.0 Å². The van der Waals surface area contributed by atoms with E-state index in [1.807, 2.05) is 37.4 Å². The van der Waals surface area contributed by atoms with Gasteiger partial charge >= 0.3 is 0 Å². The molecule has 2 rings (SSSR count). The summed E-state index contributed by atoms with van der Waals surface area (Å²) in [6.45, 7) is 1.90. The number of hydrogen-bond donors (Lipinski definition) is 1. The Bertz CT molecular complexity index is 649. The minimum Gasteiger partial charge on any atom is -0.345 e. The predicted octanol–water partition coefficient (Wildman–Crippen LogP) is 4.00. The molecule has 1 atom stereocenters. The summed E-state index contributed by atoms with van der Waals surface area (Å²) in [6, 6.07) is 9.24. The first-order valence-corrected chi connectivity index (χ1v) is 8.13. The van der Waals surface area contributed by atoms with E-state index in [2.05, 4.69) is 15.5 Å². The Morgan fingerprint density at radius 3 is 2.52 bits per heavy atom. The topological polar surface area (TPSA) is 54.9 Å². The van der Waals surface area contributed by atoms with Gasteiger partial charge in [-0.1, -0.05) is 35.3 Å². The van der Waals surface area contributed by atoms with E-state index in [1.54, 1.807) is 11.8 Å². The molecule has 1 aromatic heterocycles. The standard InChI is InChI=1S/C14H13Cl2N3OS/c1-8(9-3-5-10(21-2)6-4-9)17-14(20)11-7-12(15)18-19-13(11)16/h3-8H,1-2H3,(H,17,20). The number of rotatable bonds is 4. The highest BCUT2D eigenvalue weighted by molar-refractivity contribution is 7.98. The summed E-state index contributed by atoms with van der Waals surface area (Å²) in [5, 5.41) is 10.2. The lowest BCUT2D eigenvalue weighted by molar-refractivity contribution is 0.0939. The smallest absolute Gasteiger partial charge is 0.255 e. The fourth-order valence-corrected chi connectivity index (χ4v) is 2.50. The number of carbonyl (C=O) groups is 1. The van der Waals surface area contributed by atoms with E-state index in [-0.39, 0.29) is 27.8 Å². The number of hydrogen-bond acceptors (Lipinski definition) is 4. The number of carbonyl (C=O) groups excluding carboxylic acids is 1. The third-order valence-electron chi connectivity index (χ3n) is 2.93. The number of amides is 1. The van der Waals surface area contributed by atoms with Gasteiger partial charge in [-0.2, -0.15) is 0 Å². The number of thioether (sulfide) groups is 1. The predicted molar refractivity (Wildman–Crippen MR) is 86.2 cm³/mol. The van der Waals surface area contributed by atoms with E-state index in [0.717, 1.165) is 5.56 Å². The van der Waals surface area contributed by atoms with Crippen molar-refractivity contribution in [1.29, 1.82) is 0 Å². The summed E-state index contributed by atoms with van der Waals surface area (Å²) in [5.74, 6) is -0.335. The molecular weight excluding hydrogens is 329 g/mol. The summed E-state index contributed by atoms with van der Waals surface area (Å²) in [7, 11) is 0. The molecule has 21 heavy (non-hydrogen) atoms. The maximum atomic E-state index is 12.2. The summed E-state index contributed by atoms with van der Waals surface area (Å²) in [5.41, 5.74) is 1.22. The monoisotopic (exact) mass is 341 g/mol. The van der Waals surface area contributed by atoms with Crippen molar-refractivity contribution in [3.8, 4) is 0 Å². The molecule has 0 aliphatic heterocycles. The summed E-state index contributed by atoms with van der Waals surface area (Å²) in [4.78, 5) is 13.4. The van der Waals surface area contributed by atoms with Gasteiger partial charge in [-0.3, -0.25) is 4.79 Å². The Morgan fingerprint density at radius 1 is 1.24 bits per heavy atom. The molecule has 4 nitrogen and oxygen atoms in total. The third-order valence-corrected chi connectivity index (χ3v) is 4.13. The van der Waals surface area contributed by atoms with Crippen LogP contribution in [0.5, 0.6) is 0 Å². The first-order valence-electron chi connectivity index (χ1n) is 6.15. The van der Waals surface area contributed by atoms with Gasteiger partial charge in [0.1, 0.15) is 0 Å². The summed E-state index contributed by atoms with van der Waals surface area (Å²) >= 11 is 13.3. The number of halogens is 2. The first-order chi connectivity index (χ1) is 10.0. The van der Waals surface area contributed by atoms with Crippen LogP contribution in [0.3, 0.4) is 0 Å². The minimum atomic E-state index is -0.335. The van der Waals surface area contributed by atoms with Gasteiger partial charge in [0.15, 0.2) is 10.3 Å². The zero-order valence-electron chi connectivity index (χ0n) is 11.4. The summed E-state index contributed by atoms with van der Waals surface area (Å²) < 4.78 is 0. The second-order valence-electron chi connectivity index (χ2n) is 4.34. The molecular formula is C14H13Cl2N3OS. The SMILES string of the molecule is CSc1ccc(C(C)NC(=O)c2cc(Cl)nnc2Cl)cc1. The average molecular weight is 342 g/mol. The fourth-order valence-electron chi connectivity index (χ4n) is 1.76. The van der Waals surface area contributed by atoms with Gasteiger partial charge in [0.2, 0.25) is 0 Å². The van der Waals surface area contributed by atoms with E-state index in [9.17, 15) is 4.79 Å².